The van der Waals surface area contributed by atoms with Crippen molar-refractivity contribution in [1.29, 1.82) is 0 Å². The normalized spacial score (nSPS) is 8.00. The number of halogens is 2. The van der Waals surface area contributed by atoms with Gasteiger partial charge in [0.05, 0.1) is 0 Å². The fraction of sp³-hybridized carbons (Fsp3) is 1.00. The third-order valence-corrected chi connectivity index (χ3v) is 0.667. The van der Waals surface area contributed by atoms with Crippen LogP contribution in [0.25, 0.3) is 0 Å². The first-order valence-corrected chi connectivity index (χ1v) is 3.89. The summed E-state index contributed by atoms with van der Waals surface area (Å²) < 4.78 is 0. The Hall–Kier alpha value is 0.500. The summed E-state index contributed by atoms with van der Waals surface area (Å²) in [6, 6.07) is 1.25. The Labute approximate surface area is 89.7 Å². The third kappa shape index (κ3) is 46.8. The maximum atomic E-state index is 3.31. The van der Waals surface area contributed by atoms with Gasteiger partial charge in [0, 0.05) is 12.1 Å². The van der Waals surface area contributed by atoms with E-state index in [0.717, 1.165) is 0 Å². The van der Waals surface area contributed by atoms with E-state index in [4.69, 9.17) is 0 Å². The minimum Gasteiger partial charge on any atom is -0.323 e. The molecule has 0 saturated carbocycles. The largest absolute Gasteiger partial charge is 0.323 e. The highest BCUT2D eigenvalue weighted by Crippen LogP contribution is 1.80. The molecular formula is C8H24Cl2N2. The van der Waals surface area contributed by atoms with Crippen LogP contribution >= 0.6 is 24.8 Å². The predicted octanol–water partition coefficient (Wildman–Crippen LogP) is 2.07. The summed E-state index contributed by atoms with van der Waals surface area (Å²) in [6.07, 6.45) is 0. The van der Waals surface area contributed by atoms with Gasteiger partial charge >= 0.3 is 0 Å². The van der Waals surface area contributed by atoms with E-state index in [-0.39, 0.29) is 24.8 Å². The van der Waals surface area contributed by atoms with E-state index in [0.29, 0.717) is 12.1 Å². The summed E-state index contributed by atoms with van der Waals surface area (Å²) in [5.41, 5.74) is 0. The van der Waals surface area contributed by atoms with Crippen molar-refractivity contribution >= 4 is 24.8 Å². The van der Waals surface area contributed by atoms with Crippen LogP contribution in [0.4, 0.5) is 0 Å². The van der Waals surface area contributed by atoms with Crippen molar-refractivity contribution in [2.24, 2.45) is 0 Å². The summed E-state index contributed by atoms with van der Waals surface area (Å²) >= 11 is 0. The van der Waals surface area contributed by atoms with E-state index in [1.54, 1.807) is 0 Å². The van der Waals surface area contributed by atoms with E-state index in [9.17, 15) is 0 Å². The van der Waals surface area contributed by atoms with Gasteiger partial charge in [-0.2, -0.15) is 0 Å². The minimum atomic E-state index is 0. The zero-order valence-electron chi connectivity index (χ0n) is 8.97. The van der Waals surface area contributed by atoms with Gasteiger partial charge in [0.15, 0.2) is 0 Å². The molecule has 0 aliphatic carbocycles. The van der Waals surface area contributed by atoms with Crippen LogP contribution in [0.15, 0.2) is 0 Å². The Morgan fingerprint density at radius 2 is 0.917 bits per heavy atom. The van der Waals surface area contributed by atoms with Crippen LogP contribution in [0.2, 0.25) is 0 Å². The van der Waals surface area contributed by atoms with Crippen LogP contribution in [0.1, 0.15) is 27.7 Å². The molecule has 0 saturated heterocycles. The lowest BCUT2D eigenvalue weighted by atomic mass is 10.3. The van der Waals surface area contributed by atoms with Crippen molar-refractivity contribution in [3.8, 4) is 0 Å². The van der Waals surface area contributed by atoms with E-state index in [2.05, 4.69) is 38.3 Å². The number of hydrogen-bond acceptors (Lipinski definition) is 2. The summed E-state index contributed by atoms with van der Waals surface area (Å²) in [5, 5.41) is 6.06. The molecule has 12 heavy (non-hydrogen) atoms. The first-order valence-electron chi connectivity index (χ1n) is 3.89. The molecule has 0 spiro atoms. The van der Waals surface area contributed by atoms with Gasteiger partial charge in [0.1, 0.15) is 0 Å². The molecule has 0 unspecified atom stereocenters. The lowest BCUT2D eigenvalue weighted by Gasteiger charge is -2.10. The van der Waals surface area contributed by atoms with Gasteiger partial charge in [0.25, 0.3) is 0 Å². The molecule has 4 heteroatoms. The van der Waals surface area contributed by atoms with Gasteiger partial charge in [-0.1, -0.05) is 27.7 Å². The number of hydrogen-bond donors (Lipinski definition) is 2. The topological polar surface area (TPSA) is 24.1 Å². The van der Waals surface area contributed by atoms with Gasteiger partial charge in [-0.15, -0.1) is 24.8 Å². The Kier molecular flexibility index (Phi) is 33.5. The minimum absolute atomic E-state index is 0. The molecule has 0 radical (unpaired) electrons. The summed E-state index contributed by atoms with van der Waals surface area (Å²) in [5.74, 6) is 0. The highest BCUT2D eigenvalue weighted by Gasteiger charge is 1.92. The van der Waals surface area contributed by atoms with E-state index in [1.165, 1.54) is 0 Å². The van der Waals surface area contributed by atoms with Crippen LogP contribution in [0.3, 0.4) is 0 Å². The Morgan fingerprint density at radius 3 is 0.917 bits per heavy atom. The highest BCUT2D eigenvalue weighted by atomic mass is 35.5. The molecule has 0 aromatic heterocycles. The standard InChI is InChI=1S/C6H15N.C2H7N.2ClH/c1-5(2)7-6(3)4;1-3-2;;/h5-7H,1-4H3;3H,1-2H3;2*1H. The maximum absolute atomic E-state index is 3.31. The first kappa shape index (κ1) is 22.9. The van der Waals surface area contributed by atoms with Gasteiger partial charge in [-0.25, -0.2) is 0 Å². The molecule has 0 amide bonds. The van der Waals surface area contributed by atoms with Crippen molar-refractivity contribution in [3.05, 3.63) is 0 Å². The fourth-order valence-electron chi connectivity index (χ4n) is 0.667. The SMILES string of the molecule is CC(C)NC(C)C.CNC.Cl.Cl. The Balaban J connectivity index is -0.0000000569. The van der Waals surface area contributed by atoms with E-state index in [1.807, 2.05) is 14.1 Å². The fourth-order valence-corrected chi connectivity index (χ4v) is 0.667. The Bertz CT molecular complexity index is 53.0. The zero-order valence-corrected chi connectivity index (χ0v) is 10.6. The van der Waals surface area contributed by atoms with Crippen molar-refractivity contribution in [1.82, 2.24) is 10.6 Å². The van der Waals surface area contributed by atoms with Crippen LogP contribution in [-0.4, -0.2) is 26.2 Å². The lowest BCUT2D eigenvalue weighted by Crippen LogP contribution is -2.29. The van der Waals surface area contributed by atoms with Crippen LogP contribution < -0.4 is 10.6 Å². The van der Waals surface area contributed by atoms with Crippen LogP contribution in [-0.2, 0) is 0 Å². The summed E-state index contributed by atoms with van der Waals surface area (Å²) in [6.45, 7) is 8.61. The van der Waals surface area contributed by atoms with Crippen molar-refractivity contribution in [3.63, 3.8) is 0 Å². The van der Waals surface area contributed by atoms with E-state index >= 15 is 0 Å². The number of nitrogens with one attached hydrogen (secondary N) is 2. The molecule has 0 atom stereocenters. The third-order valence-electron chi connectivity index (χ3n) is 0.667. The van der Waals surface area contributed by atoms with Gasteiger partial charge in [-0.3, -0.25) is 0 Å². The van der Waals surface area contributed by atoms with Crippen LogP contribution in [0, 0.1) is 0 Å². The molecule has 2 nitrogen and oxygen atoms in total. The second kappa shape index (κ2) is 17.5. The highest BCUT2D eigenvalue weighted by molar-refractivity contribution is 5.85. The van der Waals surface area contributed by atoms with Crippen LogP contribution in [0.5, 0.6) is 0 Å². The second-order valence-electron chi connectivity index (χ2n) is 2.98. The first-order chi connectivity index (χ1) is 4.54. The predicted molar refractivity (Wildman–Crippen MR) is 62.9 cm³/mol. The molecular weight excluding hydrogens is 195 g/mol. The van der Waals surface area contributed by atoms with E-state index < -0.39 is 0 Å². The average Bonchev–Trinajstić information content (AvgIpc) is 1.62. The molecule has 0 heterocycles. The lowest BCUT2D eigenvalue weighted by molar-refractivity contribution is 0.518. The van der Waals surface area contributed by atoms with Crippen molar-refractivity contribution < 1.29 is 0 Å². The van der Waals surface area contributed by atoms with Crippen molar-refractivity contribution in [2.75, 3.05) is 14.1 Å². The van der Waals surface area contributed by atoms with Gasteiger partial charge < -0.3 is 10.6 Å². The molecule has 0 aromatic carbocycles. The zero-order chi connectivity index (χ0) is 8.57. The van der Waals surface area contributed by atoms with Crippen molar-refractivity contribution in [2.45, 2.75) is 39.8 Å². The smallest absolute Gasteiger partial charge is 0.00127 e. The molecule has 80 valence electrons. The molecule has 0 bridgehead atoms. The second-order valence-corrected chi connectivity index (χ2v) is 2.98. The summed E-state index contributed by atoms with van der Waals surface area (Å²) in [4.78, 5) is 0. The molecule has 0 rings (SSSR count). The quantitative estimate of drug-likeness (QED) is 0.743. The number of rotatable bonds is 2. The monoisotopic (exact) mass is 218 g/mol. The molecule has 0 aliphatic rings. The van der Waals surface area contributed by atoms with Gasteiger partial charge in [-0.05, 0) is 14.1 Å². The molecule has 0 aromatic rings. The average molecular weight is 219 g/mol. The Morgan fingerprint density at radius 1 is 0.750 bits per heavy atom. The molecule has 0 fully saturated rings. The molecule has 2 N–H and O–H groups in total. The van der Waals surface area contributed by atoms with Gasteiger partial charge in [0.2, 0.25) is 0 Å². The summed E-state index contributed by atoms with van der Waals surface area (Å²) in [7, 11) is 3.75. The molecule has 0 aliphatic heterocycles. The maximum Gasteiger partial charge on any atom is 0.00127 e.